The van der Waals surface area contributed by atoms with Crippen LogP contribution < -0.4 is 5.32 Å². The Morgan fingerprint density at radius 1 is 1.39 bits per heavy atom. The number of likely N-dealkylation sites (tertiary alicyclic amines) is 1. The summed E-state index contributed by atoms with van der Waals surface area (Å²) in [5.41, 5.74) is 0.860. The van der Waals surface area contributed by atoms with E-state index in [-0.39, 0.29) is 19.1 Å². The van der Waals surface area contributed by atoms with Crippen LogP contribution in [0.15, 0.2) is 24.5 Å². The van der Waals surface area contributed by atoms with Gasteiger partial charge >= 0.3 is 5.97 Å². The monoisotopic (exact) mass is 321 g/mol. The van der Waals surface area contributed by atoms with Gasteiger partial charge in [0.05, 0.1) is 0 Å². The van der Waals surface area contributed by atoms with Crippen molar-refractivity contribution in [1.82, 2.24) is 15.2 Å². The van der Waals surface area contributed by atoms with Crippen LogP contribution in [0.4, 0.5) is 0 Å². The number of hydrogen-bond acceptors (Lipinski definition) is 5. The lowest BCUT2D eigenvalue weighted by atomic mass is 10.2. The van der Waals surface area contributed by atoms with E-state index in [9.17, 15) is 14.4 Å². The van der Waals surface area contributed by atoms with Crippen molar-refractivity contribution in [3.05, 3.63) is 30.1 Å². The minimum Gasteiger partial charge on any atom is -0.480 e. The van der Waals surface area contributed by atoms with Gasteiger partial charge in [0.1, 0.15) is 19.3 Å². The van der Waals surface area contributed by atoms with Gasteiger partial charge < -0.3 is 20.1 Å². The van der Waals surface area contributed by atoms with Crippen molar-refractivity contribution < 1.29 is 24.2 Å². The van der Waals surface area contributed by atoms with E-state index in [1.807, 2.05) is 6.07 Å². The molecule has 1 atom stereocenters. The van der Waals surface area contributed by atoms with Gasteiger partial charge in [-0.2, -0.15) is 0 Å². The highest BCUT2D eigenvalue weighted by Crippen LogP contribution is 2.17. The van der Waals surface area contributed by atoms with E-state index in [0.717, 1.165) is 5.56 Å². The number of carbonyl (C=O) groups is 3. The Morgan fingerprint density at radius 3 is 2.91 bits per heavy atom. The topological polar surface area (TPSA) is 109 Å². The highest BCUT2D eigenvalue weighted by Gasteiger charge is 2.33. The number of carbonyl (C=O) groups excluding carboxylic acids is 2. The molecule has 8 heteroatoms. The second kappa shape index (κ2) is 8.23. The fourth-order valence-electron chi connectivity index (χ4n) is 2.39. The first-order valence-corrected chi connectivity index (χ1v) is 7.33. The predicted molar refractivity (Wildman–Crippen MR) is 79.3 cm³/mol. The fraction of sp³-hybridized carbons (Fsp3) is 0.467. The van der Waals surface area contributed by atoms with Crippen LogP contribution in [0.5, 0.6) is 0 Å². The lowest BCUT2D eigenvalue weighted by Gasteiger charge is -2.21. The number of amides is 2. The van der Waals surface area contributed by atoms with Crippen molar-refractivity contribution in [2.45, 2.75) is 25.4 Å². The summed E-state index contributed by atoms with van der Waals surface area (Å²) in [5, 5.41) is 11.7. The number of nitrogens with one attached hydrogen (secondary N) is 1. The summed E-state index contributed by atoms with van der Waals surface area (Å²) in [5.74, 6) is -1.77. The van der Waals surface area contributed by atoms with Crippen LogP contribution >= 0.6 is 0 Å². The van der Waals surface area contributed by atoms with Crippen LogP contribution in [0.3, 0.4) is 0 Å². The molecule has 1 fully saturated rings. The Labute approximate surface area is 133 Å². The molecule has 1 aromatic rings. The molecule has 8 nitrogen and oxygen atoms in total. The van der Waals surface area contributed by atoms with Crippen molar-refractivity contribution in [2.24, 2.45) is 0 Å². The van der Waals surface area contributed by atoms with Gasteiger partial charge in [0.25, 0.3) is 0 Å². The van der Waals surface area contributed by atoms with Crippen LogP contribution in [0.25, 0.3) is 0 Å². The number of ether oxygens (including phenoxy) is 1. The molecule has 124 valence electrons. The van der Waals surface area contributed by atoms with Gasteiger partial charge in [-0.3, -0.25) is 14.6 Å². The molecule has 2 rings (SSSR count). The Kier molecular flexibility index (Phi) is 6.04. The number of rotatable bonds is 7. The van der Waals surface area contributed by atoms with Crippen LogP contribution in [-0.4, -0.2) is 58.6 Å². The third kappa shape index (κ3) is 5.03. The number of aromatic nitrogens is 1. The fourth-order valence-corrected chi connectivity index (χ4v) is 2.39. The molecule has 0 radical (unpaired) electrons. The molecule has 2 N–H and O–H groups in total. The van der Waals surface area contributed by atoms with Gasteiger partial charge in [-0.05, 0) is 24.5 Å². The second-order valence-corrected chi connectivity index (χ2v) is 5.21. The lowest BCUT2D eigenvalue weighted by molar-refractivity contribution is -0.150. The number of hydrogen-bond donors (Lipinski definition) is 2. The van der Waals surface area contributed by atoms with Crippen molar-refractivity contribution in [1.29, 1.82) is 0 Å². The summed E-state index contributed by atoms with van der Waals surface area (Å²) in [6.07, 6.45) is 4.40. The molecule has 0 aliphatic carbocycles. The second-order valence-electron chi connectivity index (χ2n) is 5.21. The summed E-state index contributed by atoms with van der Waals surface area (Å²) in [4.78, 5) is 39.8. The number of pyridine rings is 1. The van der Waals surface area contributed by atoms with E-state index in [2.05, 4.69) is 10.3 Å². The Morgan fingerprint density at radius 2 is 2.22 bits per heavy atom. The van der Waals surface area contributed by atoms with E-state index in [4.69, 9.17) is 9.84 Å². The van der Waals surface area contributed by atoms with E-state index >= 15 is 0 Å². The average Bonchev–Trinajstić information content (AvgIpc) is 3.04. The van der Waals surface area contributed by atoms with Crippen LogP contribution in [0, 0.1) is 0 Å². The van der Waals surface area contributed by atoms with Crippen LogP contribution in [0.1, 0.15) is 18.4 Å². The zero-order valence-corrected chi connectivity index (χ0v) is 12.6. The maximum atomic E-state index is 11.9. The van der Waals surface area contributed by atoms with Gasteiger partial charge in [0.15, 0.2) is 0 Å². The van der Waals surface area contributed by atoms with Gasteiger partial charge in [0.2, 0.25) is 11.8 Å². The van der Waals surface area contributed by atoms with Crippen molar-refractivity contribution in [2.75, 3.05) is 19.8 Å². The van der Waals surface area contributed by atoms with Crippen molar-refractivity contribution in [3.8, 4) is 0 Å². The SMILES string of the molecule is O=C(COCC(=O)N1CCC[C@@H]1C(=O)O)NCc1cccnc1. The molecular weight excluding hydrogens is 302 g/mol. The van der Waals surface area contributed by atoms with Crippen LogP contribution in [0.2, 0.25) is 0 Å². The highest BCUT2D eigenvalue weighted by molar-refractivity contribution is 5.85. The quantitative estimate of drug-likeness (QED) is 0.719. The number of aliphatic carboxylic acids is 1. The van der Waals surface area contributed by atoms with E-state index < -0.39 is 17.9 Å². The molecule has 0 unspecified atom stereocenters. The highest BCUT2D eigenvalue weighted by atomic mass is 16.5. The minimum absolute atomic E-state index is 0.252. The van der Waals surface area contributed by atoms with Gasteiger partial charge in [0, 0.05) is 25.5 Å². The van der Waals surface area contributed by atoms with E-state index in [1.165, 1.54) is 4.90 Å². The Hall–Kier alpha value is -2.48. The third-order valence-corrected chi connectivity index (χ3v) is 3.53. The minimum atomic E-state index is -1.01. The number of nitrogens with zero attached hydrogens (tertiary/aromatic N) is 2. The van der Waals surface area contributed by atoms with Gasteiger partial charge in [-0.1, -0.05) is 6.07 Å². The first kappa shape index (κ1) is 16.9. The van der Waals surface area contributed by atoms with Crippen LogP contribution in [-0.2, 0) is 25.7 Å². The smallest absolute Gasteiger partial charge is 0.326 e. The molecule has 1 aromatic heterocycles. The third-order valence-electron chi connectivity index (χ3n) is 3.53. The molecule has 1 aliphatic rings. The molecule has 2 amide bonds. The standard InChI is InChI=1S/C15H19N3O5/c19-13(17-8-11-3-1-5-16-7-11)9-23-10-14(20)18-6-2-4-12(18)15(21)22/h1,3,5,7,12H,2,4,6,8-10H2,(H,17,19)(H,21,22)/t12-/m1/s1. The predicted octanol–water partition coefficient (Wildman–Crippen LogP) is -0.210. The summed E-state index contributed by atoms with van der Waals surface area (Å²) in [6.45, 7) is 0.186. The molecule has 1 saturated heterocycles. The maximum absolute atomic E-state index is 11.9. The molecular formula is C15H19N3O5. The Balaban J connectivity index is 1.67. The zero-order valence-electron chi connectivity index (χ0n) is 12.6. The maximum Gasteiger partial charge on any atom is 0.326 e. The van der Waals surface area contributed by atoms with Gasteiger partial charge in [-0.15, -0.1) is 0 Å². The lowest BCUT2D eigenvalue weighted by Crippen LogP contribution is -2.42. The summed E-state index contributed by atoms with van der Waals surface area (Å²) in [6, 6.07) is 2.81. The summed E-state index contributed by atoms with van der Waals surface area (Å²) >= 11 is 0. The van der Waals surface area contributed by atoms with E-state index in [1.54, 1.807) is 18.5 Å². The molecule has 0 aromatic carbocycles. The molecule has 0 bridgehead atoms. The molecule has 23 heavy (non-hydrogen) atoms. The normalized spacial score (nSPS) is 17.0. The Bertz CT molecular complexity index is 563. The van der Waals surface area contributed by atoms with Crippen molar-refractivity contribution >= 4 is 17.8 Å². The number of carboxylic acids is 1. The summed E-state index contributed by atoms with van der Waals surface area (Å²) < 4.78 is 5.07. The molecule has 2 heterocycles. The summed E-state index contributed by atoms with van der Waals surface area (Å²) in [7, 11) is 0. The zero-order chi connectivity index (χ0) is 16.7. The van der Waals surface area contributed by atoms with E-state index in [0.29, 0.717) is 25.9 Å². The largest absolute Gasteiger partial charge is 0.480 e. The first-order chi connectivity index (χ1) is 11.1. The van der Waals surface area contributed by atoms with Gasteiger partial charge in [-0.25, -0.2) is 4.79 Å². The molecule has 0 spiro atoms. The molecule has 1 aliphatic heterocycles. The molecule has 0 saturated carbocycles. The van der Waals surface area contributed by atoms with Crippen molar-refractivity contribution in [3.63, 3.8) is 0 Å². The number of carboxylic acid groups (broad SMARTS) is 1. The first-order valence-electron chi connectivity index (χ1n) is 7.33. The average molecular weight is 321 g/mol.